The van der Waals surface area contributed by atoms with Crippen LogP contribution in [0.15, 0.2) is 46.9 Å². The smallest absolute Gasteiger partial charge is 0.257 e. The summed E-state index contributed by atoms with van der Waals surface area (Å²) in [5, 5.41) is 16.2. The Hall–Kier alpha value is -2.45. The second-order valence-corrected chi connectivity index (χ2v) is 6.12. The highest BCUT2D eigenvalue weighted by molar-refractivity contribution is 9.10. The SMILES string of the molecule is CCOc1ccc(C(=O)NC(=S)Nc2cccc(C(=O)[O-])c2)cc1Br. The fourth-order valence-electron chi connectivity index (χ4n) is 1.98. The molecule has 8 heteroatoms. The standard InChI is InChI=1S/C17H15BrN2O4S/c1-2-24-14-7-6-10(9-13(14)18)15(21)20-17(25)19-12-5-3-4-11(8-12)16(22)23/h3-9H,2H2,1H3,(H,22,23)(H2,19,20,21,25)/p-1. The average Bonchev–Trinajstić information content (AvgIpc) is 2.56. The van der Waals surface area contributed by atoms with Gasteiger partial charge in [-0.15, -0.1) is 0 Å². The quantitative estimate of drug-likeness (QED) is 0.719. The first-order valence-electron chi connectivity index (χ1n) is 7.26. The summed E-state index contributed by atoms with van der Waals surface area (Å²) in [6, 6.07) is 10.9. The van der Waals surface area contributed by atoms with E-state index in [4.69, 9.17) is 17.0 Å². The highest BCUT2D eigenvalue weighted by Gasteiger charge is 2.11. The molecule has 0 spiro atoms. The summed E-state index contributed by atoms with van der Waals surface area (Å²) < 4.78 is 6.05. The minimum atomic E-state index is -1.29. The minimum Gasteiger partial charge on any atom is -0.545 e. The number of carbonyl (C=O) groups excluding carboxylic acids is 2. The van der Waals surface area contributed by atoms with E-state index >= 15 is 0 Å². The van der Waals surface area contributed by atoms with E-state index in [1.165, 1.54) is 12.1 Å². The maximum absolute atomic E-state index is 12.2. The van der Waals surface area contributed by atoms with Crippen molar-refractivity contribution in [2.75, 3.05) is 11.9 Å². The monoisotopic (exact) mass is 421 g/mol. The summed E-state index contributed by atoms with van der Waals surface area (Å²) in [7, 11) is 0. The molecule has 130 valence electrons. The summed E-state index contributed by atoms with van der Waals surface area (Å²) in [6.45, 7) is 2.38. The molecular formula is C17H14BrN2O4S-. The highest BCUT2D eigenvalue weighted by Crippen LogP contribution is 2.26. The zero-order valence-corrected chi connectivity index (χ0v) is 15.6. The predicted molar refractivity (Wildman–Crippen MR) is 99.8 cm³/mol. The first-order valence-corrected chi connectivity index (χ1v) is 8.47. The van der Waals surface area contributed by atoms with Crippen LogP contribution in [0.5, 0.6) is 5.75 Å². The Morgan fingerprint density at radius 3 is 2.60 bits per heavy atom. The van der Waals surface area contributed by atoms with Crippen LogP contribution in [0, 0.1) is 0 Å². The third kappa shape index (κ3) is 5.27. The number of nitrogens with one attached hydrogen (secondary N) is 2. The molecule has 0 fully saturated rings. The van der Waals surface area contributed by atoms with Gasteiger partial charge in [-0.25, -0.2) is 0 Å². The maximum atomic E-state index is 12.2. The van der Waals surface area contributed by atoms with Gasteiger partial charge in [0.1, 0.15) is 5.75 Å². The second kappa shape index (κ2) is 8.59. The van der Waals surface area contributed by atoms with E-state index in [1.54, 1.807) is 30.3 Å². The number of thiocarbonyl (C=S) groups is 1. The van der Waals surface area contributed by atoms with E-state index in [0.717, 1.165) is 0 Å². The van der Waals surface area contributed by atoms with Gasteiger partial charge in [-0.2, -0.15) is 0 Å². The van der Waals surface area contributed by atoms with E-state index in [0.29, 0.717) is 28.1 Å². The molecule has 2 N–H and O–H groups in total. The summed E-state index contributed by atoms with van der Waals surface area (Å²) >= 11 is 8.42. The van der Waals surface area contributed by atoms with Gasteiger partial charge in [-0.05, 0) is 71.0 Å². The fraction of sp³-hybridized carbons (Fsp3) is 0.118. The van der Waals surface area contributed by atoms with Crippen LogP contribution >= 0.6 is 28.1 Å². The maximum Gasteiger partial charge on any atom is 0.257 e. The second-order valence-electron chi connectivity index (χ2n) is 4.85. The highest BCUT2D eigenvalue weighted by atomic mass is 79.9. The molecule has 0 radical (unpaired) electrons. The molecule has 0 heterocycles. The van der Waals surface area contributed by atoms with Gasteiger partial charge in [0, 0.05) is 11.3 Å². The number of hydrogen-bond donors (Lipinski definition) is 2. The molecule has 2 aromatic carbocycles. The third-order valence-corrected chi connectivity index (χ3v) is 3.90. The number of carboxylic acid groups (broad SMARTS) is 1. The van der Waals surface area contributed by atoms with Crippen molar-refractivity contribution in [2.24, 2.45) is 0 Å². The van der Waals surface area contributed by atoms with Crippen LogP contribution in [-0.4, -0.2) is 23.6 Å². The van der Waals surface area contributed by atoms with Gasteiger partial charge in [0.15, 0.2) is 5.11 Å². The van der Waals surface area contributed by atoms with Crippen molar-refractivity contribution < 1.29 is 19.4 Å². The van der Waals surface area contributed by atoms with Crippen molar-refractivity contribution in [3.8, 4) is 5.75 Å². The van der Waals surface area contributed by atoms with Crippen LogP contribution in [0.4, 0.5) is 5.69 Å². The normalized spacial score (nSPS) is 10.0. The molecular weight excluding hydrogens is 408 g/mol. The first-order chi connectivity index (χ1) is 11.9. The van der Waals surface area contributed by atoms with Gasteiger partial charge >= 0.3 is 0 Å². The number of amides is 1. The first kappa shape index (κ1) is 18.9. The zero-order chi connectivity index (χ0) is 18.4. The van der Waals surface area contributed by atoms with Crippen molar-refractivity contribution in [1.82, 2.24) is 5.32 Å². The lowest BCUT2D eigenvalue weighted by molar-refractivity contribution is -0.255. The molecule has 0 unspecified atom stereocenters. The van der Waals surface area contributed by atoms with Crippen molar-refractivity contribution in [1.29, 1.82) is 0 Å². The molecule has 6 nitrogen and oxygen atoms in total. The van der Waals surface area contributed by atoms with Crippen LogP contribution < -0.4 is 20.5 Å². The van der Waals surface area contributed by atoms with Gasteiger partial charge < -0.3 is 20.0 Å². The number of ether oxygens (including phenoxy) is 1. The minimum absolute atomic E-state index is 0.00886. The van der Waals surface area contributed by atoms with E-state index in [2.05, 4.69) is 26.6 Å². The Bertz CT molecular complexity index is 826. The van der Waals surface area contributed by atoms with Gasteiger partial charge in [0.25, 0.3) is 5.91 Å². The molecule has 25 heavy (non-hydrogen) atoms. The summed E-state index contributed by atoms with van der Waals surface area (Å²) in [6.07, 6.45) is 0. The van der Waals surface area contributed by atoms with Crippen LogP contribution in [0.25, 0.3) is 0 Å². The van der Waals surface area contributed by atoms with E-state index in [1.807, 2.05) is 6.92 Å². The largest absolute Gasteiger partial charge is 0.545 e. The summed E-state index contributed by atoms with van der Waals surface area (Å²) in [4.78, 5) is 23.1. The van der Waals surface area contributed by atoms with Gasteiger partial charge in [-0.3, -0.25) is 10.1 Å². The van der Waals surface area contributed by atoms with Crippen LogP contribution in [0.1, 0.15) is 27.6 Å². The topological polar surface area (TPSA) is 90.5 Å². The fourth-order valence-corrected chi connectivity index (χ4v) is 2.68. The van der Waals surface area contributed by atoms with Gasteiger partial charge in [-0.1, -0.05) is 12.1 Å². The summed E-state index contributed by atoms with van der Waals surface area (Å²) in [5.74, 6) is -1.06. The van der Waals surface area contributed by atoms with Crippen LogP contribution in [0.2, 0.25) is 0 Å². The number of carbonyl (C=O) groups is 2. The van der Waals surface area contributed by atoms with Crippen molar-refractivity contribution in [3.63, 3.8) is 0 Å². The molecule has 0 aliphatic rings. The van der Waals surface area contributed by atoms with E-state index in [-0.39, 0.29) is 10.7 Å². The number of anilines is 1. The Balaban J connectivity index is 2.03. The van der Waals surface area contributed by atoms with Crippen molar-refractivity contribution >= 4 is 50.8 Å². The number of benzene rings is 2. The Kier molecular flexibility index (Phi) is 6.49. The molecule has 2 rings (SSSR count). The van der Waals surface area contributed by atoms with Gasteiger partial charge in [0.2, 0.25) is 0 Å². The average molecular weight is 422 g/mol. The Morgan fingerprint density at radius 2 is 1.96 bits per heavy atom. The predicted octanol–water partition coefficient (Wildman–Crippen LogP) is 2.34. The molecule has 0 saturated carbocycles. The number of aromatic carboxylic acids is 1. The molecule has 1 amide bonds. The van der Waals surface area contributed by atoms with Gasteiger partial charge in [0.05, 0.1) is 17.0 Å². The molecule has 0 saturated heterocycles. The lowest BCUT2D eigenvalue weighted by Crippen LogP contribution is -2.34. The number of rotatable bonds is 5. The molecule has 0 aliphatic carbocycles. The molecule has 0 aliphatic heterocycles. The molecule has 0 aromatic heterocycles. The van der Waals surface area contributed by atoms with E-state index < -0.39 is 11.9 Å². The van der Waals surface area contributed by atoms with Crippen molar-refractivity contribution in [2.45, 2.75) is 6.92 Å². The lowest BCUT2D eigenvalue weighted by Gasteiger charge is -2.12. The number of carboxylic acids is 1. The molecule has 2 aromatic rings. The number of halogens is 1. The number of hydrogen-bond acceptors (Lipinski definition) is 5. The van der Waals surface area contributed by atoms with Crippen LogP contribution in [0.3, 0.4) is 0 Å². The third-order valence-electron chi connectivity index (χ3n) is 3.08. The Labute approximate surface area is 158 Å². The molecule has 0 bridgehead atoms. The Morgan fingerprint density at radius 1 is 1.20 bits per heavy atom. The summed E-state index contributed by atoms with van der Waals surface area (Å²) in [5.41, 5.74) is 0.831. The molecule has 0 atom stereocenters. The lowest BCUT2D eigenvalue weighted by atomic mass is 10.2. The zero-order valence-electron chi connectivity index (χ0n) is 13.2. The van der Waals surface area contributed by atoms with Crippen molar-refractivity contribution in [3.05, 3.63) is 58.1 Å². The van der Waals surface area contributed by atoms with E-state index in [9.17, 15) is 14.7 Å². The van der Waals surface area contributed by atoms with Crippen LogP contribution in [-0.2, 0) is 0 Å².